The zero-order chi connectivity index (χ0) is 24.2. The van der Waals surface area contributed by atoms with Crippen LogP contribution in [0.2, 0.25) is 15.1 Å². The lowest BCUT2D eigenvalue weighted by Crippen LogP contribution is -2.48. The van der Waals surface area contributed by atoms with E-state index in [4.69, 9.17) is 39.2 Å². The van der Waals surface area contributed by atoms with E-state index in [2.05, 4.69) is 10.2 Å². The lowest BCUT2D eigenvalue weighted by Gasteiger charge is -2.36. The Labute approximate surface area is 212 Å². The summed E-state index contributed by atoms with van der Waals surface area (Å²) in [5.41, 5.74) is 2.01. The van der Waals surface area contributed by atoms with E-state index in [0.717, 1.165) is 5.69 Å². The van der Waals surface area contributed by atoms with Gasteiger partial charge in [0, 0.05) is 44.7 Å². The fourth-order valence-corrected chi connectivity index (χ4v) is 4.48. The van der Waals surface area contributed by atoms with Crippen LogP contribution in [0.5, 0.6) is 0 Å². The van der Waals surface area contributed by atoms with E-state index in [1.54, 1.807) is 60.4 Å². The first-order valence-electron chi connectivity index (χ1n) is 10.7. The molecule has 0 radical (unpaired) electrons. The fraction of sp³-hybridized carbons (Fsp3) is 0.200. The summed E-state index contributed by atoms with van der Waals surface area (Å²) in [6.07, 6.45) is 2.97. The maximum absolute atomic E-state index is 12.7. The van der Waals surface area contributed by atoms with Gasteiger partial charge < -0.3 is 19.5 Å². The van der Waals surface area contributed by atoms with E-state index >= 15 is 0 Å². The standard InChI is InChI=1S/C25H22Cl3N3O3/c1-16(32)30-12-14-31(15-13-30)25-20(27)6-3-7-21(25)29-23(33)11-9-17-8-10-22(34-17)18-4-2-5-19(26)24(18)28/h2-11H,12-15H2,1H3,(H,29,33)/b11-9+. The number of carbonyl (C=O) groups excluding carboxylic acids is 2. The zero-order valence-electron chi connectivity index (χ0n) is 18.4. The van der Waals surface area contributed by atoms with Crippen LogP contribution in [0.4, 0.5) is 11.4 Å². The Bertz CT molecular complexity index is 1250. The predicted octanol–water partition coefficient (Wildman–Crippen LogP) is 6.23. The van der Waals surface area contributed by atoms with Gasteiger partial charge in [-0.15, -0.1) is 0 Å². The summed E-state index contributed by atoms with van der Waals surface area (Å²) in [6.45, 7) is 4.03. The monoisotopic (exact) mass is 517 g/mol. The molecule has 0 saturated carbocycles. The van der Waals surface area contributed by atoms with Crippen molar-refractivity contribution in [1.29, 1.82) is 0 Å². The van der Waals surface area contributed by atoms with Crippen molar-refractivity contribution in [3.05, 3.63) is 75.4 Å². The summed E-state index contributed by atoms with van der Waals surface area (Å²) >= 11 is 18.8. The molecular formula is C25H22Cl3N3O3. The van der Waals surface area contributed by atoms with Crippen LogP contribution in [0, 0.1) is 0 Å². The van der Waals surface area contributed by atoms with Crippen LogP contribution >= 0.6 is 34.8 Å². The molecule has 1 N–H and O–H groups in total. The number of anilines is 2. The SMILES string of the molecule is CC(=O)N1CCN(c2c(Cl)cccc2NC(=O)/C=C/c2ccc(-c3cccc(Cl)c3Cl)o2)CC1. The molecule has 0 unspecified atom stereocenters. The summed E-state index contributed by atoms with van der Waals surface area (Å²) in [7, 11) is 0. The number of hydrogen-bond donors (Lipinski definition) is 1. The van der Waals surface area contributed by atoms with Gasteiger partial charge in [0.05, 0.1) is 26.4 Å². The van der Waals surface area contributed by atoms with Crippen molar-refractivity contribution < 1.29 is 14.0 Å². The molecule has 1 aliphatic rings. The van der Waals surface area contributed by atoms with Crippen LogP contribution < -0.4 is 10.2 Å². The molecule has 176 valence electrons. The van der Waals surface area contributed by atoms with Crippen LogP contribution in [0.15, 0.2) is 59.0 Å². The highest BCUT2D eigenvalue weighted by Crippen LogP contribution is 2.36. The molecule has 1 aromatic heterocycles. The lowest BCUT2D eigenvalue weighted by atomic mass is 10.2. The number of benzene rings is 2. The number of halogens is 3. The molecule has 2 aromatic carbocycles. The Hall–Kier alpha value is -2.93. The molecule has 2 amide bonds. The summed E-state index contributed by atoms with van der Waals surface area (Å²) < 4.78 is 5.80. The number of carbonyl (C=O) groups is 2. The predicted molar refractivity (Wildman–Crippen MR) is 138 cm³/mol. The van der Waals surface area contributed by atoms with Gasteiger partial charge in [-0.05, 0) is 42.5 Å². The Balaban J connectivity index is 1.46. The highest BCUT2D eigenvalue weighted by atomic mass is 35.5. The van der Waals surface area contributed by atoms with E-state index in [-0.39, 0.29) is 11.8 Å². The zero-order valence-corrected chi connectivity index (χ0v) is 20.6. The highest BCUT2D eigenvalue weighted by molar-refractivity contribution is 6.43. The van der Waals surface area contributed by atoms with Crippen molar-refractivity contribution in [1.82, 2.24) is 4.90 Å². The van der Waals surface area contributed by atoms with Gasteiger partial charge in [-0.25, -0.2) is 0 Å². The number of piperazine rings is 1. The van der Waals surface area contributed by atoms with Crippen LogP contribution in [0.25, 0.3) is 17.4 Å². The van der Waals surface area contributed by atoms with Gasteiger partial charge in [0.2, 0.25) is 11.8 Å². The lowest BCUT2D eigenvalue weighted by molar-refractivity contribution is -0.129. The number of para-hydroxylation sites is 1. The summed E-state index contributed by atoms with van der Waals surface area (Å²) in [5, 5.41) is 4.27. The van der Waals surface area contributed by atoms with Crippen molar-refractivity contribution in [2.45, 2.75) is 6.92 Å². The van der Waals surface area contributed by atoms with Crippen molar-refractivity contribution in [2.24, 2.45) is 0 Å². The number of nitrogens with zero attached hydrogens (tertiary/aromatic N) is 2. The molecule has 9 heteroatoms. The van der Waals surface area contributed by atoms with E-state index in [0.29, 0.717) is 64.0 Å². The first kappa shape index (κ1) is 24.2. The Kier molecular flexibility index (Phi) is 7.51. The van der Waals surface area contributed by atoms with Gasteiger partial charge in [-0.2, -0.15) is 0 Å². The molecule has 0 spiro atoms. The minimum atomic E-state index is -0.329. The fourth-order valence-electron chi connectivity index (χ4n) is 3.80. The van der Waals surface area contributed by atoms with Gasteiger partial charge in [0.1, 0.15) is 11.5 Å². The van der Waals surface area contributed by atoms with Gasteiger partial charge in [-0.3, -0.25) is 9.59 Å². The number of nitrogens with one attached hydrogen (secondary N) is 1. The molecule has 0 aliphatic carbocycles. The van der Waals surface area contributed by atoms with Crippen molar-refractivity contribution >= 4 is 64.1 Å². The molecule has 1 saturated heterocycles. The number of furan rings is 1. The maximum Gasteiger partial charge on any atom is 0.248 e. The molecular weight excluding hydrogens is 497 g/mol. The van der Waals surface area contributed by atoms with E-state index in [9.17, 15) is 9.59 Å². The van der Waals surface area contributed by atoms with E-state index < -0.39 is 0 Å². The average molecular weight is 519 g/mol. The van der Waals surface area contributed by atoms with Crippen LogP contribution in [-0.4, -0.2) is 42.9 Å². The first-order chi connectivity index (χ1) is 16.3. The first-order valence-corrected chi connectivity index (χ1v) is 11.8. The summed E-state index contributed by atoms with van der Waals surface area (Å²) in [6, 6.07) is 14.2. The van der Waals surface area contributed by atoms with Gasteiger partial charge in [0.25, 0.3) is 0 Å². The minimum absolute atomic E-state index is 0.0520. The summed E-state index contributed by atoms with van der Waals surface area (Å²) in [4.78, 5) is 28.1. The van der Waals surface area contributed by atoms with E-state index in [1.165, 1.54) is 6.08 Å². The molecule has 3 aromatic rings. The number of rotatable bonds is 5. The van der Waals surface area contributed by atoms with Gasteiger partial charge in [-0.1, -0.05) is 46.9 Å². The Morgan fingerprint density at radius 3 is 2.38 bits per heavy atom. The van der Waals surface area contributed by atoms with Crippen LogP contribution in [-0.2, 0) is 9.59 Å². The third-order valence-corrected chi connectivity index (χ3v) is 6.65. The van der Waals surface area contributed by atoms with Gasteiger partial charge in [0.15, 0.2) is 0 Å². The van der Waals surface area contributed by atoms with Crippen molar-refractivity contribution in [2.75, 3.05) is 36.4 Å². The molecule has 4 rings (SSSR count). The highest BCUT2D eigenvalue weighted by Gasteiger charge is 2.23. The Morgan fingerprint density at radius 1 is 0.941 bits per heavy atom. The largest absolute Gasteiger partial charge is 0.457 e. The number of hydrogen-bond acceptors (Lipinski definition) is 4. The molecule has 0 atom stereocenters. The quantitative estimate of drug-likeness (QED) is 0.407. The molecule has 0 bridgehead atoms. The molecule has 6 nitrogen and oxygen atoms in total. The van der Waals surface area contributed by atoms with E-state index in [1.807, 2.05) is 6.07 Å². The third kappa shape index (κ3) is 5.41. The third-order valence-electron chi connectivity index (χ3n) is 5.53. The van der Waals surface area contributed by atoms with Crippen LogP contribution in [0.1, 0.15) is 12.7 Å². The van der Waals surface area contributed by atoms with Crippen molar-refractivity contribution in [3.63, 3.8) is 0 Å². The topological polar surface area (TPSA) is 65.8 Å². The second kappa shape index (κ2) is 10.6. The second-order valence-electron chi connectivity index (χ2n) is 7.76. The molecule has 34 heavy (non-hydrogen) atoms. The Morgan fingerprint density at radius 2 is 1.65 bits per heavy atom. The number of amides is 2. The van der Waals surface area contributed by atoms with Crippen molar-refractivity contribution in [3.8, 4) is 11.3 Å². The smallest absolute Gasteiger partial charge is 0.248 e. The normalized spacial score (nSPS) is 14.0. The molecule has 1 aliphatic heterocycles. The molecule has 1 fully saturated rings. The average Bonchev–Trinajstić information content (AvgIpc) is 3.28. The minimum Gasteiger partial charge on any atom is -0.457 e. The summed E-state index contributed by atoms with van der Waals surface area (Å²) in [5.74, 6) is 0.767. The maximum atomic E-state index is 12.7. The van der Waals surface area contributed by atoms with Gasteiger partial charge >= 0.3 is 0 Å². The molecule has 2 heterocycles. The second-order valence-corrected chi connectivity index (χ2v) is 8.95. The van der Waals surface area contributed by atoms with Crippen LogP contribution in [0.3, 0.4) is 0 Å².